The number of hydrogen-bond acceptors (Lipinski definition) is 2. The summed E-state index contributed by atoms with van der Waals surface area (Å²) in [5.41, 5.74) is -0.673. The molecule has 1 aromatic rings. The third-order valence-electron chi connectivity index (χ3n) is 4.12. The van der Waals surface area contributed by atoms with Gasteiger partial charge < -0.3 is 10.6 Å². The molecule has 26 heavy (non-hydrogen) atoms. The molecule has 1 amide bonds. The molecule has 0 bridgehead atoms. The first-order valence-electron chi connectivity index (χ1n) is 9.00. The van der Waals surface area contributed by atoms with E-state index < -0.39 is 17.3 Å². The molecule has 0 spiro atoms. The lowest BCUT2D eigenvalue weighted by Gasteiger charge is -2.31. The first kappa shape index (κ1) is 22.5. The summed E-state index contributed by atoms with van der Waals surface area (Å²) >= 11 is 0. The van der Waals surface area contributed by atoms with Crippen molar-refractivity contribution >= 4 is 5.91 Å². The van der Waals surface area contributed by atoms with Gasteiger partial charge in [0, 0.05) is 6.04 Å². The van der Waals surface area contributed by atoms with E-state index in [1.165, 1.54) is 0 Å². The van der Waals surface area contributed by atoms with E-state index in [-0.39, 0.29) is 18.0 Å². The quantitative estimate of drug-likeness (QED) is 0.723. The van der Waals surface area contributed by atoms with Crippen molar-refractivity contribution in [1.82, 2.24) is 10.6 Å². The van der Waals surface area contributed by atoms with Crippen molar-refractivity contribution in [2.45, 2.75) is 78.7 Å². The number of carbonyl (C=O) groups is 1. The van der Waals surface area contributed by atoms with Crippen LogP contribution < -0.4 is 10.6 Å². The molecule has 0 fully saturated rings. The Bertz CT molecular complexity index is 612. The Morgan fingerprint density at radius 2 is 1.58 bits per heavy atom. The van der Waals surface area contributed by atoms with E-state index in [4.69, 9.17) is 0 Å². The van der Waals surface area contributed by atoms with Gasteiger partial charge in [-0.1, -0.05) is 39.3 Å². The molecule has 2 N–H and O–H groups in total. The van der Waals surface area contributed by atoms with Gasteiger partial charge in [0.2, 0.25) is 5.91 Å². The Morgan fingerprint density at radius 1 is 1.04 bits per heavy atom. The van der Waals surface area contributed by atoms with Crippen LogP contribution in [0.15, 0.2) is 18.2 Å². The van der Waals surface area contributed by atoms with Crippen molar-refractivity contribution in [3.8, 4) is 0 Å². The number of aryl methyl sites for hydroxylation is 1. The van der Waals surface area contributed by atoms with E-state index in [0.29, 0.717) is 23.5 Å². The van der Waals surface area contributed by atoms with E-state index in [0.717, 1.165) is 12.1 Å². The lowest BCUT2D eigenvalue weighted by molar-refractivity contribution is -0.137. The van der Waals surface area contributed by atoms with E-state index in [9.17, 15) is 18.0 Å². The van der Waals surface area contributed by atoms with Crippen molar-refractivity contribution in [2.75, 3.05) is 0 Å². The predicted octanol–water partition coefficient (Wildman–Crippen LogP) is 4.78. The molecule has 1 aromatic carbocycles. The summed E-state index contributed by atoms with van der Waals surface area (Å²) in [5, 5.41) is 6.16. The number of benzene rings is 1. The van der Waals surface area contributed by atoms with E-state index in [2.05, 4.69) is 10.6 Å². The first-order chi connectivity index (χ1) is 11.7. The fraction of sp³-hybridized carbons (Fsp3) is 0.650. The molecular weight excluding hydrogens is 341 g/mol. The van der Waals surface area contributed by atoms with Crippen LogP contribution in [-0.4, -0.2) is 18.0 Å². The fourth-order valence-corrected chi connectivity index (χ4v) is 2.90. The second kappa shape index (κ2) is 8.42. The van der Waals surface area contributed by atoms with E-state index in [1.54, 1.807) is 26.8 Å². The van der Waals surface area contributed by atoms with Gasteiger partial charge in [0.05, 0.1) is 17.1 Å². The van der Waals surface area contributed by atoms with Crippen molar-refractivity contribution in [2.24, 2.45) is 5.92 Å². The number of hydrogen-bond donors (Lipinski definition) is 2. The summed E-state index contributed by atoms with van der Waals surface area (Å²) in [6, 6.07) is 3.65. The third-order valence-corrected chi connectivity index (χ3v) is 4.12. The Hall–Kier alpha value is -1.56. The molecule has 0 aromatic heterocycles. The molecule has 0 saturated heterocycles. The standard InChI is InChI=1S/C20H31F3N2O/c1-12(2)8-17(24-13(3)4)18(26)25-19(6,7)15-9-14(5)10-16(11-15)20(21,22)23/h9-13,17,24H,8H2,1-7H3,(H,25,26)/t17-/m1/s1. The number of rotatable bonds is 7. The molecule has 6 heteroatoms. The van der Waals surface area contributed by atoms with Crippen LogP contribution in [0.4, 0.5) is 13.2 Å². The third kappa shape index (κ3) is 6.63. The Morgan fingerprint density at radius 3 is 2.04 bits per heavy atom. The largest absolute Gasteiger partial charge is 0.416 e. The zero-order chi connectivity index (χ0) is 20.3. The minimum absolute atomic E-state index is 0.128. The molecule has 0 unspecified atom stereocenters. The van der Waals surface area contributed by atoms with Gasteiger partial charge in [-0.05, 0) is 50.8 Å². The highest BCUT2D eigenvalue weighted by atomic mass is 19.4. The molecule has 0 aliphatic heterocycles. The van der Waals surface area contributed by atoms with Crippen LogP contribution in [0.2, 0.25) is 0 Å². The molecule has 148 valence electrons. The zero-order valence-electron chi connectivity index (χ0n) is 16.7. The summed E-state index contributed by atoms with van der Waals surface area (Å²) in [5.74, 6) is 0.114. The van der Waals surface area contributed by atoms with Gasteiger partial charge in [-0.15, -0.1) is 0 Å². The van der Waals surface area contributed by atoms with Crippen LogP contribution in [0.3, 0.4) is 0 Å². The monoisotopic (exact) mass is 372 g/mol. The number of halogens is 3. The molecule has 0 aliphatic rings. The topological polar surface area (TPSA) is 41.1 Å². The van der Waals surface area contributed by atoms with Crippen LogP contribution >= 0.6 is 0 Å². The van der Waals surface area contributed by atoms with Gasteiger partial charge >= 0.3 is 6.18 Å². The summed E-state index contributed by atoms with van der Waals surface area (Å²) in [6.07, 6.45) is -3.76. The van der Waals surface area contributed by atoms with Gasteiger partial charge in [-0.25, -0.2) is 0 Å². The Kier molecular flexibility index (Phi) is 7.28. The molecule has 0 aliphatic carbocycles. The van der Waals surface area contributed by atoms with E-state index >= 15 is 0 Å². The van der Waals surface area contributed by atoms with Crippen molar-refractivity contribution in [3.05, 3.63) is 34.9 Å². The molecule has 1 rings (SSSR count). The molecular formula is C20H31F3N2O. The maximum atomic E-state index is 13.1. The summed E-state index contributed by atoms with van der Waals surface area (Å²) in [7, 11) is 0. The Labute approximate surface area is 154 Å². The lowest BCUT2D eigenvalue weighted by atomic mass is 9.90. The fourth-order valence-electron chi connectivity index (χ4n) is 2.90. The van der Waals surface area contributed by atoms with Crippen molar-refractivity contribution < 1.29 is 18.0 Å². The molecule has 0 radical (unpaired) electrons. The van der Waals surface area contributed by atoms with Gasteiger partial charge in [0.1, 0.15) is 0 Å². The minimum atomic E-state index is -4.42. The second-order valence-electron chi connectivity index (χ2n) is 8.20. The van der Waals surface area contributed by atoms with Crippen LogP contribution in [0.1, 0.15) is 64.7 Å². The second-order valence-corrected chi connectivity index (χ2v) is 8.20. The average molecular weight is 372 g/mol. The van der Waals surface area contributed by atoms with Crippen LogP contribution in [0.25, 0.3) is 0 Å². The van der Waals surface area contributed by atoms with Gasteiger partial charge in [0.15, 0.2) is 0 Å². The van der Waals surface area contributed by atoms with Gasteiger partial charge in [0.25, 0.3) is 0 Å². The van der Waals surface area contributed by atoms with Crippen LogP contribution in [-0.2, 0) is 16.5 Å². The number of alkyl halides is 3. The predicted molar refractivity (Wildman–Crippen MR) is 98.9 cm³/mol. The minimum Gasteiger partial charge on any atom is -0.346 e. The smallest absolute Gasteiger partial charge is 0.346 e. The lowest BCUT2D eigenvalue weighted by Crippen LogP contribution is -2.52. The summed E-state index contributed by atoms with van der Waals surface area (Å²) < 4.78 is 39.3. The number of amides is 1. The molecule has 3 nitrogen and oxygen atoms in total. The zero-order valence-corrected chi connectivity index (χ0v) is 16.7. The highest BCUT2D eigenvalue weighted by Crippen LogP contribution is 2.33. The van der Waals surface area contributed by atoms with Crippen LogP contribution in [0.5, 0.6) is 0 Å². The van der Waals surface area contributed by atoms with Crippen molar-refractivity contribution in [3.63, 3.8) is 0 Å². The van der Waals surface area contributed by atoms with Crippen LogP contribution in [0, 0.1) is 12.8 Å². The number of carbonyl (C=O) groups excluding carboxylic acids is 1. The number of nitrogens with one attached hydrogen (secondary N) is 2. The molecule has 0 saturated carbocycles. The summed E-state index contributed by atoms with van der Waals surface area (Å²) in [4.78, 5) is 12.8. The van der Waals surface area contributed by atoms with Crippen molar-refractivity contribution in [1.29, 1.82) is 0 Å². The SMILES string of the molecule is Cc1cc(C(F)(F)F)cc(C(C)(C)NC(=O)[C@@H](CC(C)C)NC(C)C)c1. The first-order valence-corrected chi connectivity index (χ1v) is 9.00. The highest BCUT2D eigenvalue weighted by molar-refractivity contribution is 5.82. The van der Waals surface area contributed by atoms with E-state index in [1.807, 2.05) is 27.7 Å². The average Bonchev–Trinajstić information content (AvgIpc) is 2.43. The normalized spacial score (nSPS) is 14.0. The van der Waals surface area contributed by atoms with Gasteiger partial charge in [-0.3, -0.25) is 4.79 Å². The maximum absolute atomic E-state index is 13.1. The highest BCUT2D eigenvalue weighted by Gasteiger charge is 2.34. The Balaban J connectivity index is 3.09. The summed E-state index contributed by atoms with van der Waals surface area (Å²) in [6.45, 7) is 13.1. The maximum Gasteiger partial charge on any atom is 0.416 e. The molecule has 1 atom stereocenters. The molecule has 0 heterocycles. The van der Waals surface area contributed by atoms with Gasteiger partial charge in [-0.2, -0.15) is 13.2 Å².